The van der Waals surface area contributed by atoms with Gasteiger partial charge < -0.3 is 20.0 Å². The monoisotopic (exact) mass is 182 g/mol. The fourth-order valence-corrected chi connectivity index (χ4v) is 2.00. The first kappa shape index (κ1) is 8.53. The second-order valence-corrected chi connectivity index (χ2v) is 3.86. The molecule has 0 bridgehead atoms. The minimum Gasteiger partial charge on any atom is -0.367 e. The third-order valence-corrected chi connectivity index (χ3v) is 2.83. The predicted molar refractivity (Wildman–Crippen MR) is 52.9 cm³/mol. The van der Waals surface area contributed by atoms with E-state index in [9.17, 15) is 0 Å². The molecule has 4 heteroatoms. The first-order valence-corrected chi connectivity index (χ1v) is 4.81. The van der Waals surface area contributed by atoms with Crippen LogP contribution in [0.5, 0.6) is 0 Å². The van der Waals surface area contributed by atoms with Gasteiger partial charge in [0.2, 0.25) is 0 Å². The lowest BCUT2D eigenvalue weighted by Gasteiger charge is -2.43. The molecule has 0 unspecified atom stereocenters. The summed E-state index contributed by atoms with van der Waals surface area (Å²) in [6.45, 7) is 4.36. The van der Waals surface area contributed by atoms with Gasteiger partial charge in [0.1, 0.15) is 11.6 Å². The Hall–Kier alpha value is -1.06. The highest BCUT2D eigenvalue weighted by molar-refractivity contribution is 5.14. The largest absolute Gasteiger partial charge is 0.367 e. The Balaban J connectivity index is 2.33. The van der Waals surface area contributed by atoms with Crippen LogP contribution in [0.15, 0.2) is 11.6 Å². The van der Waals surface area contributed by atoms with Crippen molar-refractivity contribution >= 4 is 0 Å². The number of hydrogen-bond donors (Lipinski definition) is 1. The number of hydrogen-bond acceptors (Lipinski definition) is 4. The Morgan fingerprint density at radius 3 is 2.23 bits per heavy atom. The molecule has 2 heterocycles. The van der Waals surface area contributed by atoms with E-state index < -0.39 is 0 Å². The highest BCUT2D eigenvalue weighted by Gasteiger charge is 2.26. The smallest absolute Gasteiger partial charge is 0.145 e. The molecule has 74 valence electrons. The van der Waals surface area contributed by atoms with Crippen molar-refractivity contribution in [2.75, 3.05) is 47.3 Å². The van der Waals surface area contributed by atoms with Gasteiger partial charge in [-0.1, -0.05) is 0 Å². The summed E-state index contributed by atoms with van der Waals surface area (Å²) < 4.78 is 0. The molecule has 0 saturated heterocycles. The molecular weight excluding hydrogens is 164 g/mol. The summed E-state index contributed by atoms with van der Waals surface area (Å²) >= 11 is 0. The molecule has 2 aliphatic heterocycles. The third kappa shape index (κ3) is 1.30. The highest BCUT2D eigenvalue weighted by atomic mass is 15.4. The molecule has 2 rings (SSSR count). The molecule has 4 nitrogen and oxygen atoms in total. The number of nitrogens with one attached hydrogen (secondary N) is 1. The van der Waals surface area contributed by atoms with Crippen LogP contribution in [0.2, 0.25) is 0 Å². The van der Waals surface area contributed by atoms with Gasteiger partial charge in [0.25, 0.3) is 0 Å². The van der Waals surface area contributed by atoms with Crippen molar-refractivity contribution < 1.29 is 0 Å². The van der Waals surface area contributed by atoms with Crippen LogP contribution in [0.25, 0.3) is 0 Å². The average Bonchev–Trinajstić information content (AvgIpc) is 2.12. The van der Waals surface area contributed by atoms with Crippen LogP contribution in [0.3, 0.4) is 0 Å². The second kappa shape index (κ2) is 3.01. The first-order chi connectivity index (χ1) is 6.20. The van der Waals surface area contributed by atoms with E-state index in [2.05, 4.69) is 41.2 Å². The molecular formula is C9H18N4. The van der Waals surface area contributed by atoms with E-state index in [1.807, 2.05) is 0 Å². The van der Waals surface area contributed by atoms with Gasteiger partial charge in [0, 0.05) is 47.3 Å². The van der Waals surface area contributed by atoms with Crippen LogP contribution in [0, 0.1) is 0 Å². The molecule has 0 radical (unpaired) electrons. The zero-order chi connectivity index (χ0) is 9.42. The van der Waals surface area contributed by atoms with Crippen molar-refractivity contribution in [3.8, 4) is 0 Å². The fourth-order valence-electron chi connectivity index (χ4n) is 2.00. The minimum atomic E-state index is 1.05. The van der Waals surface area contributed by atoms with Crippen LogP contribution >= 0.6 is 0 Å². The molecule has 0 fully saturated rings. The van der Waals surface area contributed by atoms with Crippen molar-refractivity contribution in [1.29, 1.82) is 0 Å². The van der Waals surface area contributed by atoms with E-state index in [1.165, 1.54) is 11.6 Å². The van der Waals surface area contributed by atoms with Gasteiger partial charge in [-0.3, -0.25) is 0 Å². The van der Waals surface area contributed by atoms with E-state index >= 15 is 0 Å². The van der Waals surface area contributed by atoms with E-state index in [4.69, 9.17) is 0 Å². The zero-order valence-corrected chi connectivity index (χ0v) is 8.67. The molecule has 0 atom stereocenters. The van der Waals surface area contributed by atoms with Crippen molar-refractivity contribution in [3.63, 3.8) is 0 Å². The molecule has 0 saturated carbocycles. The van der Waals surface area contributed by atoms with Crippen molar-refractivity contribution in [2.45, 2.75) is 0 Å². The van der Waals surface area contributed by atoms with E-state index in [1.54, 1.807) is 0 Å². The van der Waals surface area contributed by atoms with Crippen molar-refractivity contribution in [2.24, 2.45) is 0 Å². The summed E-state index contributed by atoms with van der Waals surface area (Å²) in [6.07, 6.45) is 0. The highest BCUT2D eigenvalue weighted by Crippen LogP contribution is 2.20. The molecule has 0 amide bonds. The van der Waals surface area contributed by atoms with Gasteiger partial charge in [0.05, 0.1) is 0 Å². The van der Waals surface area contributed by atoms with Crippen LogP contribution in [0.4, 0.5) is 0 Å². The Morgan fingerprint density at radius 2 is 1.54 bits per heavy atom. The van der Waals surface area contributed by atoms with Gasteiger partial charge in [0.15, 0.2) is 0 Å². The second-order valence-electron chi connectivity index (χ2n) is 3.86. The summed E-state index contributed by atoms with van der Waals surface area (Å²) in [7, 11) is 6.46. The van der Waals surface area contributed by atoms with Crippen LogP contribution in [-0.2, 0) is 0 Å². The Morgan fingerprint density at radius 1 is 0.923 bits per heavy atom. The molecule has 13 heavy (non-hydrogen) atoms. The van der Waals surface area contributed by atoms with E-state index in [0.717, 1.165) is 26.2 Å². The summed E-state index contributed by atoms with van der Waals surface area (Å²) in [5.41, 5.74) is 0. The number of likely N-dealkylation sites (N-methyl/N-ethyl adjacent to an activating group) is 3. The first-order valence-electron chi connectivity index (χ1n) is 4.81. The molecule has 0 spiro atoms. The number of nitrogens with zero attached hydrogens (tertiary/aromatic N) is 3. The maximum Gasteiger partial charge on any atom is 0.145 e. The Bertz CT molecular complexity index is 230. The van der Waals surface area contributed by atoms with Gasteiger partial charge in [-0.25, -0.2) is 0 Å². The normalized spacial score (nSPS) is 23.2. The van der Waals surface area contributed by atoms with Gasteiger partial charge in [-0.2, -0.15) is 0 Å². The van der Waals surface area contributed by atoms with Gasteiger partial charge in [-0.15, -0.1) is 0 Å². The van der Waals surface area contributed by atoms with Crippen LogP contribution < -0.4 is 5.32 Å². The van der Waals surface area contributed by atoms with Crippen molar-refractivity contribution in [3.05, 3.63) is 11.6 Å². The molecule has 0 aromatic carbocycles. The Kier molecular flexibility index (Phi) is 1.98. The van der Waals surface area contributed by atoms with Gasteiger partial charge >= 0.3 is 0 Å². The zero-order valence-electron chi connectivity index (χ0n) is 8.67. The lowest BCUT2D eigenvalue weighted by Crippen LogP contribution is -2.52. The molecule has 1 N–H and O–H groups in total. The van der Waals surface area contributed by atoms with Crippen molar-refractivity contribution in [1.82, 2.24) is 20.0 Å². The molecule has 0 aliphatic carbocycles. The topological polar surface area (TPSA) is 21.8 Å². The van der Waals surface area contributed by atoms with E-state index in [0.29, 0.717) is 0 Å². The molecule has 0 aromatic heterocycles. The maximum absolute atomic E-state index is 3.45. The summed E-state index contributed by atoms with van der Waals surface area (Å²) in [5.74, 6) is 2.61. The van der Waals surface area contributed by atoms with Crippen LogP contribution in [0.1, 0.15) is 0 Å². The summed E-state index contributed by atoms with van der Waals surface area (Å²) in [5, 5.41) is 3.45. The summed E-state index contributed by atoms with van der Waals surface area (Å²) in [4.78, 5) is 6.94. The summed E-state index contributed by atoms with van der Waals surface area (Å²) in [6, 6.07) is 0. The van der Waals surface area contributed by atoms with E-state index in [-0.39, 0.29) is 0 Å². The standard InChI is InChI=1S/C9H18N4/c1-11-6-7-13(3)9-8(11)10-4-5-12(9)2/h10H,4-7H2,1-3H3. The lowest BCUT2D eigenvalue weighted by molar-refractivity contribution is 0.167. The average molecular weight is 182 g/mol. The molecule has 2 aliphatic rings. The Labute approximate surface area is 79.8 Å². The van der Waals surface area contributed by atoms with Gasteiger partial charge in [-0.05, 0) is 0 Å². The van der Waals surface area contributed by atoms with Crippen LogP contribution in [-0.4, -0.2) is 62.0 Å². The fraction of sp³-hybridized carbons (Fsp3) is 0.778. The molecule has 0 aromatic rings. The minimum absolute atomic E-state index is 1.05. The predicted octanol–water partition coefficient (Wildman–Crippen LogP) is -0.475. The lowest BCUT2D eigenvalue weighted by atomic mass is 10.3. The maximum atomic E-state index is 3.45. The number of rotatable bonds is 0. The third-order valence-electron chi connectivity index (χ3n) is 2.83. The SMILES string of the molecule is CN1CCN(C)C2=C1NCCN2C. The quantitative estimate of drug-likeness (QED) is 0.546.